The van der Waals surface area contributed by atoms with Gasteiger partial charge in [-0.3, -0.25) is 14.9 Å². The topological polar surface area (TPSA) is 70.2 Å². The van der Waals surface area contributed by atoms with Gasteiger partial charge in [0.1, 0.15) is 0 Å². The smallest absolute Gasteiger partial charge is 0.234 e. The first-order valence-corrected chi connectivity index (χ1v) is 6.86. The van der Waals surface area contributed by atoms with Crippen molar-refractivity contribution >= 4 is 11.8 Å². The number of rotatable bonds is 8. The Morgan fingerprint density at radius 3 is 2.40 bits per heavy atom. The molecule has 0 heterocycles. The van der Waals surface area contributed by atoms with Crippen LogP contribution >= 0.6 is 0 Å². The zero-order valence-corrected chi connectivity index (χ0v) is 12.1. The summed E-state index contributed by atoms with van der Waals surface area (Å²) in [4.78, 5) is 22.6. The number of hydrogen-bond donors (Lipinski definition) is 3. The molecule has 110 valence electrons. The summed E-state index contributed by atoms with van der Waals surface area (Å²) in [6.07, 6.45) is 1.83. The van der Waals surface area contributed by atoms with Crippen molar-refractivity contribution < 1.29 is 9.59 Å². The van der Waals surface area contributed by atoms with Gasteiger partial charge in [-0.05, 0) is 25.3 Å². The highest BCUT2D eigenvalue weighted by atomic mass is 16.2. The van der Waals surface area contributed by atoms with E-state index in [9.17, 15) is 9.59 Å². The highest BCUT2D eigenvalue weighted by Crippen LogP contribution is 2.04. The van der Waals surface area contributed by atoms with Crippen molar-refractivity contribution in [1.82, 2.24) is 16.0 Å². The molecule has 1 rings (SSSR count). The van der Waals surface area contributed by atoms with E-state index in [4.69, 9.17) is 0 Å². The standard InChI is InChI=1S/C15H23N3O2/c1-12(8-9-13-6-4-3-5-7-13)18-15(20)11-17-10-14(19)16-2/h3-7,12,17H,8-11H2,1-2H3,(H,16,19)(H,18,20)/t12-/m1/s1. The molecule has 0 bridgehead atoms. The number of amides is 2. The van der Waals surface area contributed by atoms with Crippen LogP contribution in [0.5, 0.6) is 0 Å². The van der Waals surface area contributed by atoms with Crippen LogP contribution in [0.15, 0.2) is 30.3 Å². The molecule has 0 aliphatic carbocycles. The molecule has 0 aliphatic heterocycles. The summed E-state index contributed by atoms with van der Waals surface area (Å²) in [6, 6.07) is 10.3. The minimum Gasteiger partial charge on any atom is -0.358 e. The summed E-state index contributed by atoms with van der Waals surface area (Å²) in [7, 11) is 1.57. The Morgan fingerprint density at radius 1 is 1.10 bits per heavy atom. The summed E-state index contributed by atoms with van der Waals surface area (Å²) >= 11 is 0. The van der Waals surface area contributed by atoms with Gasteiger partial charge in [-0.1, -0.05) is 30.3 Å². The molecule has 0 unspecified atom stereocenters. The van der Waals surface area contributed by atoms with Crippen LogP contribution in [0.2, 0.25) is 0 Å². The molecule has 0 spiro atoms. The van der Waals surface area contributed by atoms with Gasteiger partial charge < -0.3 is 10.6 Å². The average Bonchev–Trinajstić information content (AvgIpc) is 2.46. The van der Waals surface area contributed by atoms with E-state index < -0.39 is 0 Å². The lowest BCUT2D eigenvalue weighted by atomic mass is 10.1. The van der Waals surface area contributed by atoms with Crippen molar-refractivity contribution in [3.63, 3.8) is 0 Å². The van der Waals surface area contributed by atoms with Gasteiger partial charge in [-0.15, -0.1) is 0 Å². The number of nitrogens with one attached hydrogen (secondary N) is 3. The second kappa shape index (κ2) is 9.09. The fraction of sp³-hybridized carbons (Fsp3) is 0.467. The predicted molar refractivity (Wildman–Crippen MR) is 79.3 cm³/mol. The molecule has 5 heteroatoms. The zero-order chi connectivity index (χ0) is 14.8. The predicted octanol–water partition coefficient (Wildman–Crippen LogP) is 0.460. The van der Waals surface area contributed by atoms with E-state index in [1.54, 1.807) is 7.05 Å². The monoisotopic (exact) mass is 277 g/mol. The van der Waals surface area contributed by atoms with Crippen LogP contribution in [0.25, 0.3) is 0 Å². The lowest BCUT2D eigenvalue weighted by Crippen LogP contribution is -2.41. The third-order valence-electron chi connectivity index (χ3n) is 2.97. The van der Waals surface area contributed by atoms with Crippen LogP contribution in [0.1, 0.15) is 18.9 Å². The molecule has 0 aliphatic rings. The maximum absolute atomic E-state index is 11.6. The van der Waals surface area contributed by atoms with E-state index in [1.807, 2.05) is 25.1 Å². The van der Waals surface area contributed by atoms with Gasteiger partial charge in [0, 0.05) is 13.1 Å². The first kappa shape index (κ1) is 16.2. The molecule has 1 atom stereocenters. The van der Waals surface area contributed by atoms with Crippen molar-refractivity contribution in [1.29, 1.82) is 0 Å². The molecule has 2 amide bonds. The molecule has 0 radical (unpaired) electrons. The van der Waals surface area contributed by atoms with E-state index in [-0.39, 0.29) is 30.9 Å². The quantitative estimate of drug-likeness (QED) is 0.646. The summed E-state index contributed by atoms with van der Waals surface area (Å²) in [5.41, 5.74) is 1.27. The van der Waals surface area contributed by atoms with E-state index in [1.165, 1.54) is 5.56 Å². The van der Waals surface area contributed by atoms with Gasteiger partial charge in [0.15, 0.2) is 0 Å². The minimum atomic E-state index is -0.130. The van der Waals surface area contributed by atoms with Crippen molar-refractivity contribution in [3.05, 3.63) is 35.9 Å². The van der Waals surface area contributed by atoms with Crippen LogP contribution in [-0.4, -0.2) is 38.0 Å². The second-order valence-electron chi connectivity index (χ2n) is 4.77. The first-order valence-electron chi connectivity index (χ1n) is 6.86. The molecule has 0 saturated heterocycles. The number of carbonyl (C=O) groups is 2. The second-order valence-corrected chi connectivity index (χ2v) is 4.77. The molecule has 0 fully saturated rings. The normalized spacial score (nSPS) is 11.7. The molecule has 0 saturated carbocycles. The van der Waals surface area contributed by atoms with Crippen molar-refractivity contribution in [2.75, 3.05) is 20.1 Å². The van der Waals surface area contributed by atoms with Crippen LogP contribution in [-0.2, 0) is 16.0 Å². The summed E-state index contributed by atoms with van der Waals surface area (Å²) in [5, 5.41) is 8.18. The molecule has 1 aromatic rings. The van der Waals surface area contributed by atoms with Gasteiger partial charge in [-0.25, -0.2) is 0 Å². The molecule has 5 nitrogen and oxygen atoms in total. The lowest BCUT2D eigenvalue weighted by Gasteiger charge is -2.14. The van der Waals surface area contributed by atoms with Crippen LogP contribution in [0, 0.1) is 0 Å². The molecule has 20 heavy (non-hydrogen) atoms. The van der Waals surface area contributed by atoms with E-state index in [0.717, 1.165) is 12.8 Å². The third-order valence-corrected chi connectivity index (χ3v) is 2.97. The zero-order valence-electron chi connectivity index (χ0n) is 12.1. The average molecular weight is 277 g/mol. The van der Waals surface area contributed by atoms with Crippen LogP contribution in [0.4, 0.5) is 0 Å². The summed E-state index contributed by atoms with van der Waals surface area (Å²) in [5.74, 6) is -0.218. The van der Waals surface area contributed by atoms with Gasteiger partial charge in [0.05, 0.1) is 13.1 Å². The van der Waals surface area contributed by atoms with Crippen LogP contribution in [0.3, 0.4) is 0 Å². The number of likely N-dealkylation sites (N-methyl/N-ethyl adjacent to an activating group) is 1. The highest BCUT2D eigenvalue weighted by molar-refractivity contribution is 5.81. The maximum Gasteiger partial charge on any atom is 0.234 e. The van der Waals surface area contributed by atoms with Crippen molar-refractivity contribution in [2.24, 2.45) is 0 Å². The summed E-state index contributed by atoms with van der Waals surface area (Å²) in [6.45, 7) is 2.30. The van der Waals surface area contributed by atoms with E-state index >= 15 is 0 Å². The SMILES string of the molecule is CNC(=O)CNCC(=O)N[C@H](C)CCc1ccccc1. The Hall–Kier alpha value is -1.88. The fourth-order valence-electron chi connectivity index (χ4n) is 1.80. The molecular weight excluding hydrogens is 254 g/mol. The van der Waals surface area contributed by atoms with Gasteiger partial charge in [-0.2, -0.15) is 0 Å². The van der Waals surface area contributed by atoms with Crippen molar-refractivity contribution in [2.45, 2.75) is 25.8 Å². The Bertz CT molecular complexity index is 420. The molecule has 1 aromatic carbocycles. The molecule has 3 N–H and O–H groups in total. The minimum absolute atomic E-state index is 0.0885. The Morgan fingerprint density at radius 2 is 1.75 bits per heavy atom. The highest BCUT2D eigenvalue weighted by Gasteiger charge is 2.07. The van der Waals surface area contributed by atoms with Gasteiger partial charge >= 0.3 is 0 Å². The number of hydrogen-bond acceptors (Lipinski definition) is 3. The Labute approximate surface area is 120 Å². The molecular formula is C15H23N3O2. The largest absolute Gasteiger partial charge is 0.358 e. The number of benzene rings is 1. The van der Waals surface area contributed by atoms with E-state index in [0.29, 0.717) is 0 Å². The van der Waals surface area contributed by atoms with Crippen LogP contribution < -0.4 is 16.0 Å². The van der Waals surface area contributed by atoms with E-state index in [2.05, 4.69) is 28.1 Å². The summed E-state index contributed by atoms with van der Waals surface area (Å²) < 4.78 is 0. The Kier molecular flexibility index (Phi) is 7.35. The number of carbonyl (C=O) groups excluding carboxylic acids is 2. The maximum atomic E-state index is 11.6. The van der Waals surface area contributed by atoms with Gasteiger partial charge in [0.2, 0.25) is 11.8 Å². The Balaban J connectivity index is 2.16. The first-order chi connectivity index (χ1) is 9.61. The fourth-order valence-corrected chi connectivity index (χ4v) is 1.80. The van der Waals surface area contributed by atoms with Gasteiger partial charge in [0.25, 0.3) is 0 Å². The lowest BCUT2D eigenvalue weighted by molar-refractivity contribution is -0.121. The van der Waals surface area contributed by atoms with Crippen molar-refractivity contribution in [3.8, 4) is 0 Å². The molecule has 0 aromatic heterocycles. The number of aryl methyl sites for hydroxylation is 1. The third kappa shape index (κ3) is 6.89.